The predicted molar refractivity (Wildman–Crippen MR) is 124 cm³/mol. The Hall–Kier alpha value is -2.61. The molecule has 0 fully saturated rings. The smallest absolute Gasteiger partial charge is 0.196 e. The van der Waals surface area contributed by atoms with Crippen LogP contribution in [-0.2, 0) is 6.54 Å². The number of aromatic nitrogens is 1. The summed E-state index contributed by atoms with van der Waals surface area (Å²) in [5.74, 6) is 0. The van der Waals surface area contributed by atoms with Crippen molar-refractivity contribution in [3.63, 3.8) is 0 Å². The van der Waals surface area contributed by atoms with E-state index < -0.39 is 0 Å². The average molecular weight is 376 g/mol. The first-order chi connectivity index (χ1) is 13.4. The third-order valence-electron chi connectivity index (χ3n) is 4.96. The van der Waals surface area contributed by atoms with Gasteiger partial charge in [-0.05, 0) is 32.4 Å². The summed E-state index contributed by atoms with van der Waals surface area (Å²) < 4.78 is 2.27. The monoisotopic (exact) mass is 375 g/mol. The van der Waals surface area contributed by atoms with E-state index >= 15 is 0 Å². The molecule has 0 aliphatic heterocycles. The molecule has 148 valence electrons. The van der Waals surface area contributed by atoms with Crippen molar-refractivity contribution in [1.29, 1.82) is 0 Å². The minimum Gasteiger partial charge on any atom is -0.336 e. The quantitative estimate of drug-likeness (QED) is 0.732. The van der Waals surface area contributed by atoms with Gasteiger partial charge in [0, 0.05) is 28.1 Å². The van der Waals surface area contributed by atoms with Crippen LogP contribution < -0.4 is 16.0 Å². The van der Waals surface area contributed by atoms with Crippen molar-refractivity contribution >= 4 is 24.3 Å². The van der Waals surface area contributed by atoms with Gasteiger partial charge in [-0.25, -0.2) is 0 Å². The SMILES string of the molecule is C/C=c1/c(=O)c2c(n(Cc3cccc(C)c3)/c1=C/C)C=CC(C)(C)C=C2.CC. The van der Waals surface area contributed by atoms with Crippen molar-refractivity contribution in [1.82, 2.24) is 4.57 Å². The first kappa shape index (κ1) is 21.7. The zero-order valence-corrected chi connectivity index (χ0v) is 18.3. The Morgan fingerprint density at radius 2 is 1.71 bits per heavy atom. The number of rotatable bonds is 2. The van der Waals surface area contributed by atoms with E-state index in [0.29, 0.717) is 0 Å². The first-order valence-corrected chi connectivity index (χ1v) is 10.2. The molecule has 1 aliphatic carbocycles. The molecule has 2 nitrogen and oxygen atoms in total. The van der Waals surface area contributed by atoms with E-state index in [2.05, 4.69) is 67.8 Å². The van der Waals surface area contributed by atoms with Crippen molar-refractivity contribution in [2.45, 2.75) is 55.0 Å². The Morgan fingerprint density at radius 1 is 1.04 bits per heavy atom. The second kappa shape index (κ2) is 9.05. The molecule has 28 heavy (non-hydrogen) atoms. The maximum Gasteiger partial charge on any atom is 0.196 e. The van der Waals surface area contributed by atoms with Crippen molar-refractivity contribution < 1.29 is 0 Å². The van der Waals surface area contributed by atoms with E-state index in [0.717, 1.165) is 28.4 Å². The molecular weight excluding hydrogens is 342 g/mol. The Balaban J connectivity index is 0.00000136. The van der Waals surface area contributed by atoms with E-state index in [-0.39, 0.29) is 10.8 Å². The second-order valence-corrected chi connectivity index (χ2v) is 7.57. The molecule has 0 amide bonds. The molecular formula is C26H33NO. The molecule has 0 atom stereocenters. The highest BCUT2D eigenvalue weighted by atomic mass is 16.1. The van der Waals surface area contributed by atoms with Gasteiger partial charge in [0.1, 0.15) is 0 Å². The van der Waals surface area contributed by atoms with Gasteiger partial charge in [0.05, 0.1) is 5.69 Å². The van der Waals surface area contributed by atoms with E-state index in [9.17, 15) is 4.79 Å². The van der Waals surface area contributed by atoms with Gasteiger partial charge in [0.2, 0.25) is 0 Å². The standard InChI is InChI=1S/C24H27NO.C2H6/c1-6-19-21(7-2)25(16-18-10-8-9-17(3)15-18)22-12-14-24(4,5)13-11-20(22)23(19)26;1-2/h6-15H,16H2,1-5H3;1-2H3/b19-6+,21-7+;. The van der Waals surface area contributed by atoms with Gasteiger partial charge in [-0.15, -0.1) is 0 Å². The van der Waals surface area contributed by atoms with Crippen molar-refractivity contribution in [3.05, 3.63) is 79.6 Å². The summed E-state index contributed by atoms with van der Waals surface area (Å²) in [5.41, 5.74) is 4.28. The van der Waals surface area contributed by atoms with Crippen LogP contribution in [0.1, 0.15) is 63.9 Å². The zero-order valence-electron chi connectivity index (χ0n) is 18.3. The maximum atomic E-state index is 13.1. The van der Waals surface area contributed by atoms with E-state index in [1.807, 2.05) is 45.9 Å². The van der Waals surface area contributed by atoms with Crippen LogP contribution in [0.5, 0.6) is 0 Å². The highest BCUT2D eigenvalue weighted by Crippen LogP contribution is 2.26. The van der Waals surface area contributed by atoms with Crippen LogP contribution in [0.2, 0.25) is 0 Å². The van der Waals surface area contributed by atoms with Crippen LogP contribution in [0.15, 0.2) is 41.2 Å². The number of benzene rings is 1. The van der Waals surface area contributed by atoms with Crippen molar-refractivity contribution in [2.24, 2.45) is 5.41 Å². The molecule has 3 rings (SSSR count). The van der Waals surface area contributed by atoms with Gasteiger partial charge in [-0.2, -0.15) is 0 Å². The van der Waals surface area contributed by atoms with Crippen LogP contribution in [0.25, 0.3) is 24.3 Å². The molecule has 0 N–H and O–H groups in total. The molecule has 0 spiro atoms. The Labute approximate surface area is 169 Å². The zero-order chi connectivity index (χ0) is 20.9. The van der Waals surface area contributed by atoms with Crippen LogP contribution >= 0.6 is 0 Å². The van der Waals surface area contributed by atoms with Crippen LogP contribution in [0.3, 0.4) is 0 Å². The summed E-state index contributed by atoms with van der Waals surface area (Å²) >= 11 is 0. The second-order valence-electron chi connectivity index (χ2n) is 7.57. The Morgan fingerprint density at radius 3 is 2.32 bits per heavy atom. The van der Waals surface area contributed by atoms with Gasteiger partial charge < -0.3 is 4.57 Å². The first-order valence-electron chi connectivity index (χ1n) is 10.2. The number of nitrogens with zero attached hydrogens (tertiary/aromatic N) is 1. The summed E-state index contributed by atoms with van der Waals surface area (Å²) in [5, 5.41) is 1.76. The number of aryl methyl sites for hydroxylation is 1. The molecule has 0 bridgehead atoms. The summed E-state index contributed by atoms with van der Waals surface area (Å²) in [7, 11) is 0. The number of fused-ring (bicyclic) bond motifs is 1. The highest BCUT2D eigenvalue weighted by molar-refractivity contribution is 5.67. The Kier molecular flexibility index (Phi) is 7.01. The molecule has 0 saturated heterocycles. The predicted octanol–water partition coefficient (Wildman–Crippen LogP) is 4.90. The lowest BCUT2D eigenvalue weighted by Gasteiger charge is -2.16. The number of hydrogen-bond acceptors (Lipinski definition) is 1. The molecule has 0 saturated carbocycles. The number of pyridine rings is 1. The largest absolute Gasteiger partial charge is 0.336 e. The van der Waals surface area contributed by atoms with Crippen LogP contribution in [0, 0.1) is 12.3 Å². The lowest BCUT2D eigenvalue weighted by Crippen LogP contribution is -2.47. The molecule has 2 aromatic rings. The molecule has 1 aromatic carbocycles. The molecule has 0 unspecified atom stereocenters. The maximum absolute atomic E-state index is 13.1. The van der Waals surface area contributed by atoms with Gasteiger partial charge in [0.15, 0.2) is 5.43 Å². The van der Waals surface area contributed by atoms with E-state index in [1.165, 1.54) is 11.1 Å². The summed E-state index contributed by atoms with van der Waals surface area (Å²) in [4.78, 5) is 13.1. The third-order valence-corrected chi connectivity index (χ3v) is 4.96. The minimum absolute atomic E-state index is 0.0706. The topological polar surface area (TPSA) is 22.0 Å². The number of allylic oxidation sites excluding steroid dienone is 2. The summed E-state index contributed by atoms with van der Waals surface area (Å²) in [6.45, 7) is 15.1. The number of hydrogen-bond donors (Lipinski definition) is 0. The summed E-state index contributed by atoms with van der Waals surface area (Å²) in [6.07, 6.45) is 12.4. The summed E-state index contributed by atoms with van der Waals surface area (Å²) in [6, 6.07) is 8.55. The van der Waals surface area contributed by atoms with Crippen molar-refractivity contribution in [3.8, 4) is 0 Å². The normalized spacial score (nSPS) is 15.7. The lowest BCUT2D eigenvalue weighted by molar-refractivity contribution is 0.633. The molecule has 1 aromatic heterocycles. The van der Waals surface area contributed by atoms with Crippen LogP contribution in [0.4, 0.5) is 0 Å². The molecule has 1 aliphatic rings. The fourth-order valence-corrected chi connectivity index (χ4v) is 3.54. The van der Waals surface area contributed by atoms with Crippen LogP contribution in [-0.4, -0.2) is 4.57 Å². The molecule has 2 heteroatoms. The minimum atomic E-state index is -0.0706. The van der Waals surface area contributed by atoms with Crippen molar-refractivity contribution in [2.75, 3.05) is 0 Å². The van der Waals surface area contributed by atoms with Gasteiger partial charge in [0.25, 0.3) is 0 Å². The average Bonchev–Trinajstić information content (AvgIpc) is 2.84. The van der Waals surface area contributed by atoms with Gasteiger partial charge in [-0.3, -0.25) is 4.79 Å². The molecule has 1 heterocycles. The van der Waals surface area contributed by atoms with Gasteiger partial charge >= 0.3 is 0 Å². The lowest BCUT2D eigenvalue weighted by atomic mass is 9.93. The highest BCUT2D eigenvalue weighted by Gasteiger charge is 2.18. The fourth-order valence-electron chi connectivity index (χ4n) is 3.54. The van der Waals surface area contributed by atoms with Gasteiger partial charge in [-0.1, -0.05) is 87.9 Å². The fraction of sp³-hybridized carbons (Fsp3) is 0.346. The third kappa shape index (κ3) is 4.44. The molecule has 0 radical (unpaired) electrons. The van der Waals surface area contributed by atoms with E-state index in [4.69, 9.17) is 0 Å². The van der Waals surface area contributed by atoms with E-state index in [1.54, 1.807) is 0 Å². The Bertz CT molecular complexity index is 1080.